The van der Waals surface area contributed by atoms with E-state index in [2.05, 4.69) is 10.5 Å². The number of rotatable bonds is 9. The van der Waals surface area contributed by atoms with Crippen LogP contribution >= 0.6 is 34.5 Å². The molecule has 3 rings (SSSR count). The molecule has 1 aromatic heterocycles. The molecule has 0 unspecified atom stereocenters. The lowest BCUT2D eigenvalue weighted by Gasteiger charge is -2.13. The summed E-state index contributed by atoms with van der Waals surface area (Å²) >= 11 is 13.7. The first-order chi connectivity index (χ1) is 14.5. The van der Waals surface area contributed by atoms with E-state index < -0.39 is 0 Å². The van der Waals surface area contributed by atoms with E-state index in [-0.39, 0.29) is 12.5 Å². The van der Waals surface area contributed by atoms with E-state index in [1.165, 1.54) is 11.3 Å². The third-order valence-corrected chi connectivity index (χ3v) is 5.45. The van der Waals surface area contributed by atoms with Crippen LogP contribution in [-0.4, -0.2) is 18.7 Å². The lowest BCUT2D eigenvalue weighted by Crippen LogP contribution is -2.19. The van der Waals surface area contributed by atoms with Gasteiger partial charge in [-0.3, -0.25) is 4.79 Å². The SMILES string of the molecule is CCOc1cc(/C=N\NC(=O)Cc2cccs2)ccc1OCc1ccc(Cl)cc1Cl. The maximum atomic E-state index is 11.9. The highest BCUT2D eigenvalue weighted by atomic mass is 35.5. The molecule has 2 aromatic carbocycles. The summed E-state index contributed by atoms with van der Waals surface area (Å²) in [6, 6.07) is 14.5. The zero-order valence-electron chi connectivity index (χ0n) is 16.2. The summed E-state index contributed by atoms with van der Waals surface area (Å²) in [6.07, 6.45) is 1.87. The van der Waals surface area contributed by atoms with Crippen molar-refractivity contribution in [3.05, 3.63) is 80.0 Å². The number of nitrogens with zero attached hydrogens (tertiary/aromatic N) is 1. The molecule has 5 nitrogen and oxygen atoms in total. The lowest BCUT2D eigenvalue weighted by molar-refractivity contribution is -0.120. The van der Waals surface area contributed by atoms with Crippen molar-refractivity contribution in [3.8, 4) is 11.5 Å². The monoisotopic (exact) mass is 462 g/mol. The molecule has 0 spiro atoms. The van der Waals surface area contributed by atoms with Crippen LogP contribution in [0.4, 0.5) is 0 Å². The molecule has 0 atom stereocenters. The second kappa shape index (κ2) is 11.0. The molecule has 30 heavy (non-hydrogen) atoms. The first-order valence-corrected chi connectivity index (χ1v) is 10.9. The number of carbonyl (C=O) groups is 1. The van der Waals surface area contributed by atoms with Crippen molar-refractivity contribution in [3.63, 3.8) is 0 Å². The molecule has 1 heterocycles. The molecule has 0 radical (unpaired) electrons. The zero-order chi connectivity index (χ0) is 21.3. The van der Waals surface area contributed by atoms with Gasteiger partial charge in [-0.15, -0.1) is 11.3 Å². The van der Waals surface area contributed by atoms with Crippen molar-refractivity contribution in [2.24, 2.45) is 5.10 Å². The Balaban J connectivity index is 1.62. The molecule has 0 aliphatic carbocycles. The summed E-state index contributed by atoms with van der Waals surface area (Å²) in [5.41, 5.74) is 4.12. The molecular formula is C22H20Cl2N2O3S. The number of hydrogen-bond acceptors (Lipinski definition) is 5. The molecule has 0 saturated heterocycles. The van der Waals surface area contributed by atoms with Crippen molar-refractivity contribution in [2.45, 2.75) is 20.0 Å². The fourth-order valence-corrected chi connectivity index (χ4v) is 3.74. The molecule has 8 heteroatoms. The third kappa shape index (κ3) is 6.49. The molecule has 0 bridgehead atoms. The third-order valence-electron chi connectivity index (χ3n) is 3.98. The van der Waals surface area contributed by atoms with Gasteiger partial charge in [0.25, 0.3) is 0 Å². The van der Waals surface area contributed by atoms with E-state index >= 15 is 0 Å². The van der Waals surface area contributed by atoms with Crippen molar-refractivity contribution < 1.29 is 14.3 Å². The minimum atomic E-state index is -0.168. The Bertz CT molecular complexity index is 1020. The maximum absolute atomic E-state index is 11.9. The second-order valence-corrected chi connectivity index (χ2v) is 8.09. The smallest absolute Gasteiger partial charge is 0.245 e. The first kappa shape index (κ1) is 22.2. The van der Waals surface area contributed by atoms with Gasteiger partial charge in [0.2, 0.25) is 5.91 Å². The van der Waals surface area contributed by atoms with Crippen LogP contribution in [0.1, 0.15) is 22.9 Å². The highest BCUT2D eigenvalue weighted by molar-refractivity contribution is 7.10. The predicted molar refractivity (Wildman–Crippen MR) is 122 cm³/mol. The van der Waals surface area contributed by atoms with Crippen LogP contribution in [0.5, 0.6) is 11.5 Å². The fourth-order valence-electron chi connectivity index (χ4n) is 2.58. The minimum Gasteiger partial charge on any atom is -0.490 e. The van der Waals surface area contributed by atoms with Crippen molar-refractivity contribution in [1.29, 1.82) is 0 Å². The maximum Gasteiger partial charge on any atom is 0.245 e. The minimum absolute atomic E-state index is 0.168. The lowest BCUT2D eigenvalue weighted by atomic mass is 10.2. The van der Waals surface area contributed by atoms with Gasteiger partial charge in [0, 0.05) is 20.5 Å². The van der Waals surface area contributed by atoms with Gasteiger partial charge in [0.15, 0.2) is 11.5 Å². The van der Waals surface area contributed by atoms with Gasteiger partial charge in [-0.2, -0.15) is 5.10 Å². The molecule has 0 aliphatic heterocycles. The summed E-state index contributed by atoms with van der Waals surface area (Å²) in [7, 11) is 0. The Morgan fingerprint density at radius 1 is 1.13 bits per heavy atom. The van der Waals surface area contributed by atoms with E-state index in [1.807, 2.05) is 36.6 Å². The standard InChI is InChI=1S/C22H20Cl2N2O3S/c1-2-28-21-10-15(13-25-26-22(27)12-18-4-3-9-30-18)5-8-20(21)29-14-16-6-7-17(23)11-19(16)24/h3-11,13H,2,12,14H2,1H3,(H,26,27)/b25-13-. The number of benzene rings is 2. The van der Waals surface area contributed by atoms with Crippen molar-refractivity contribution in [2.75, 3.05) is 6.61 Å². The Kier molecular flexibility index (Phi) is 8.13. The molecule has 0 aliphatic rings. The van der Waals surface area contributed by atoms with Crippen LogP contribution < -0.4 is 14.9 Å². The molecule has 1 N–H and O–H groups in total. The van der Waals surface area contributed by atoms with Crippen LogP contribution in [0, 0.1) is 0 Å². The second-order valence-electron chi connectivity index (χ2n) is 6.21. The van der Waals surface area contributed by atoms with Gasteiger partial charge in [-0.05, 0) is 54.3 Å². The number of amides is 1. The van der Waals surface area contributed by atoms with Crippen LogP contribution in [0.25, 0.3) is 0 Å². The fraction of sp³-hybridized carbons (Fsp3) is 0.182. The summed E-state index contributed by atoms with van der Waals surface area (Å²) in [5, 5.41) is 7.07. The number of ether oxygens (including phenoxy) is 2. The quantitative estimate of drug-likeness (QED) is 0.326. The average molecular weight is 463 g/mol. The molecule has 0 fully saturated rings. The molecule has 156 valence electrons. The normalized spacial score (nSPS) is 10.9. The van der Waals surface area contributed by atoms with E-state index in [1.54, 1.807) is 30.5 Å². The summed E-state index contributed by atoms with van der Waals surface area (Å²) in [4.78, 5) is 12.9. The Hall–Kier alpha value is -2.54. The number of carbonyl (C=O) groups excluding carboxylic acids is 1. The van der Waals surface area contributed by atoms with Gasteiger partial charge in [-0.1, -0.05) is 35.3 Å². The van der Waals surface area contributed by atoms with Gasteiger partial charge in [-0.25, -0.2) is 5.43 Å². The Morgan fingerprint density at radius 3 is 2.73 bits per heavy atom. The highest BCUT2D eigenvalue weighted by Gasteiger charge is 2.09. The van der Waals surface area contributed by atoms with Crippen molar-refractivity contribution in [1.82, 2.24) is 5.43 Å². The Morgan fingerprint density at radius 2 is 2.00 bits per heavy atom. The number of thiophene rings is 1. The Labute approximate surface area is 189 Å². The van der Waals surface area contributed by atoms with Crippen LogP contribution in [0.2, 0.25) is 10.0 Å². The first-order valence-electron chi connectivity index (χ1n) is 9.23. The molecular weight excluding hydrogens is 443 g/mol. The average Bonchev–Trinajstić information content (AvgIpc) is 3.21. The van der Waals surface area contributed by atoms with Crippen LogP contribution in [0.3, 0.4) is 0 Å². The van der Waals surface area contributed by atoms with Crippen LogP contribution in [0.15, 0.2) is 59.0 Å². The van der Waals surface area contributed by atoms with Gasteiger partial charge < -0.3 is 9.47 Å². The van der Waals surface area contributed by atoms with Gasteiger partial charge >= 0.3 is 0 Å². The highest BCUT2D eigenvalue weighted by Crippen LogP contribution is 2.30. The van der Waals surface area contributed by atoms with Crippen LogP contribution in [-0.2, 0) is 17.8 Å². The van der Waals surface area contributed by atoms with E-state index in [0.717, 1.165) is 16.0 Å². The van der Waals surface area contributed by atoms with Crippen molar-refractivity contribution >= 4 is 46.7 Å². The number of hydrazone groups is 1. The molecule has 1 amide bonds. The van der Waals surface area contributed by atoms with E-state index in [0.29, 0.717) is 34.6 Å². The number of hydrogen-bond donors (Lipinski definition) is 1. The van der Waals surface area contributed by atoms with E-state index in [9.17, 15) is 4.79 Å². The molecule has 3 aromatic rings. The summed E-state index contributed by atoms with van der Waals surface area (Å²) in [5.74, 6) is 0.997. The van der Waals surface area contributed by atoms with E-state index in [4.69, 9.17) is 32.7 Å². The number of nitrogens with one attached hydrogen (secondary N) is 1. The summed E-state index contributed by atoms with van der Waals surface area (Å²) < 4.78 is 11.6. The zero-order valence-corrected chi connectivity index (χ0v) is 18.6. The summed E-state index contributed by atoms with van der Waals surface area (Å²) in [6.45, 7) is 2.66. The molecule has 0 saturated carbocycles. The van der Waals surface area contributed by atoms with Gasteiger partial charge in [0.05, 0.1) is 19.2 Å². The van der Waals surface area contributed by atoms with Gasteiger partial charge in [0.1, 0.15) is 6.61 Å². The number of halogens is 2. The topological polar surface area (TPSA) is 59.9 Å². The predicted octanol–water partition coefficient (Wildman–Crippen LogP) is 5.73. The largest absolute Gasteiger partial charge is 0.490 e.